The summed E-state index contributed by atoms with van der Waals surface area (Å²) in [6.07, 6.45) is 0. The summed E-state index contributed by atoms with van der Waals surface area (Å²) in [5.74, 6) is 0.902. The number of likely N-dealkylation sites (N-methyl/N-ethyl adjacent to an activating group) is 1. The Morgan fingerprint density at radius 2 is 2.21 bits per heavy atom. The summed E-state index contributed by atoms with van der Waals surface area (Å²) >= 11 is 0. The van der Waals surface area contributed by atoms with E-state index in [0.29, 0.717) is 24.8 Å². The second-order valence-corrected chi connectivity index (χ2v) is 3.85. The predicted octanol–water partition coefficient (Wildman–Crippen LogP) is 0.236. The molecule has 1 aromatic rings. The molecule has 0 fully saturated rings. The second kappa shape index (κ2) is 7.97. The van der Waals surface area contributed by atoms with Crippen molar-refractivity contribution >= 4 is 11.9 Å². The lowest BCUT2D eigenvalue weighted by Gasteiger charge is -2.09. The number of amides is 1. The summed E-state index contributed by atoms with van der Waals surface area (Å²) in [7, 11) is 1.62. The molecule has 0 saturated carbocycles. The zero-order chi connectivity index (χ0) is 14.1. The van der Waals surface area contributed by atoms with Gasteiger partial charge >= 0.3 is 0 Å². The van der Waals surface area contributed by atoms with Crippen molar-refractivity contribution in [2.75, 3.05) is 20.2 Å². The van der Waals surface area contributed by atoms with E-state index in [1.165, 1.54) is 0 Å². The predicted molar refractivity (Wildman–Crippen MR) is 75.0 cm³/mol. The van der Waals surface area contributed by atoms with Crippen molar-refractivity contribution in [3.05, 3.63) is 29.8 Å². The summed E-state index contributed by atoms with van der Waals surface area (Å²) in [5, 5.41) is 5.62. The van der Waals surface area contributed by atoms with Gasteiger partial charge in [0.15, 0.2) is 12.6 Å². The van der Waals surface area contributed by atoms with Gasteiger partial charge in [0, 0.05) is 20.1 Å². The molecular formula is C13H20N4O2. The Labute approximate surface area is 113 Å². The van der Waals surface area contributed by atoms with Crippen LogP contribution >= 0.6 is 0 Å². The van der Waals surface area contributed by atoms with E-state index in [-0.39, 0.29) is 12.5 Å². The van der Waals surface area contributed by atoms with Crippen molar-refractivity contribution in [3.63, 3.8) is 0 Å². The fourth-order valence-electron chi connectivity index (χ4n) is 1.41. The second-order valence-electron chi connectivity index (χ2n) is 3.85. The number of benzene rings is 1. The monoisotopic (exact) mass is 264 g/mol. The smallest absolute Gasteiger partial charge is 0.257 e. The Hall–Kier alpha value is -2.24. The summed E-state index contributed by atoms with van der Waals surface area (Å²) in [6, 6.07) is 7.47. The van der Waals surface area contributed by atoms with Crippen LogP contribution in [0.2, 0.25) is 0 Å². The van der Waals surface area contributed by atoms with Crippen LogP contribution in [0.5, 0.6) is 5.75 Å². The standard InChI is InChI=1S/C13H20N4O2/c1-3-16-12(18)9-19-11-6-4-5-10(7-11)8-17-13(14)15-2/h4-7H,3,8-9H2,1-2H3,(H,16,18)(H3,14,15,17). The highest BCUT2D eigenvalue weighted by Crippen LogP contribution is 2.12. The molecule has 0 bridgehead atoms. The Balaban J connectivity index is 2.50. The molecule has 1 amide bonds. The lowest BCUT2D eigenvalue weighted by molar-refractivity contribution is -0.122. The summed E-state index contributed by atoms with van der Waals surface area (Å²) in [4.78, 5) is 15.1. The first-order chi connectivity index (χ1) is 9.15. The van der Waals surface area contributed by atoms with Crippen LogP contribution in [0.3, 0.4) is 0 Å². The van der Waals surface area contributed by atoms with E-state index in [4.69, 9.17) is 10.5 Å². The zero-order valence-electron chi connectivity index (χ0n) is 11.3. The van der Waals surface area contributed by atoms with Crippen LogP contribution in [-0.4, -0.2) is 32.1 Å². The maximum Gasteiger partial charge on any atom is 0.257 e. The van der Waals surface area contributed by atoms with Crippen LogP contribution < -0.4 is 21.1 Å². The number of aliphatic imine (C=N–C) groups is 1. The molecule has 19 heavy (non-hydrogen) atoms. The van der Waals surface area contributed by atoms with Gasteiger partial charge in [0.1, 0.15) is 5.75 Å². The van der Waals surface area contributed by atoms with Crippen molar-refractivity contribution in [1.82, 2.24) is 10.6 Å². The molecular weight excluding hydrogens is 244 g/mol. The third-order valence-electron chi connectivity index (χ3n) is 2.36. The molecule has 0 aliphatic carbocycles. The van der Waals surface area contributed by atoms with Crippen LogP contribution in [0.1, 0.15) is 12.5 Å². The quantitative estimate of drug-likeness (QED) is 0.507. The Morgan fingerprint density at radius 3 is 2.89 bits per heavy atom. The Bertz CT molecular complexity index is 446. The molecule has 0 atom stereocenters. The van der Waals surface area contributed by atoms with Crippen LogP contribution in [0, 0.1) is 0 Å². The molecule has 0 aliphatic heterocycles. The summed E-state index contributed by atoms with van der Waals surface area (Å²) in [6.45, 7) is 3.04. The Morgan fingerprint density at radius 1 is 1.42 bits per heavy atom. The number of guanidine groups is 1. The van der Waals surface area contributed by atoms with Crippen LogP contribution in [0.25, 0.3) is 0 Å². The Kier molecular flexibility index (Phi) is 6.21. The van der Waals surface area contributed by atoms with Gasteiger partial charge in [-0.25, -0.2) is 0 Å². The number of carbonyl (C=O) groups is 1. The van der Waals surface area contributed by atoms with E-state index in [2.05, 4.69) is 15.6 Å². The van der Waals surface area contributed by atoms with Crippen molar-refractivity contribution < 1.29 is 9.53 Å². The van der Waals surface area contributed by atoms with E-state index in [9.17, 15) is 4.79 Å². The number of hydrogen-bond donors (Lipinski definition) is 3. The number of carbonyl (C=O) groups excluding carboxylic acids is 1. The van der Waals surface area contributed by atoms with E-state index in [1.807, 2.05) is 25.1 Å². The minimum atomic E-state index is -0.131. The molecule has 0 aliphatic rings. The number of hydrogen-bond acceptors (Lipinski definition) is 3. The fourth-order valence-corrected chi connectivity index (χ4v) is 1.41. The van der Waals surface area contributed by atoms with Gasteiger partial charge in [0.25, 0.3) is 5.91 Å². The molecule has 0 spiro atoms. The number of rotatable bonds is 6. The molecule has 0 saturated heterocycles. The molecule has 104 valence electrons. The van der Waals surface area contributed by atoms with Crippen molar-refractivity contribution in [2.24, 2.45) is 10.7 Å². The molecule has 6 heteroatoms. The van der Waals surface area contributed by atoms with E-state index >= 15 is 0 Å². The van der Waals surface area contributed by atoms with Gasteiger partial charge in [-0.1, -0.05) is 12.1 Å². The first kappa shape index (κ1) is 14.8. The molecule has 0 unspecified atom stereocenters. The van der Waals surface area contributed by atoms with Gasteiger partial charge in [0.2, 0.25) is 0 Å². The molecule has 1 rings (SSSR count). The molecule has 0 aromatic heterocycles. The minimum Gasteiger partial charge on any atom is -0.484 e. The summed E-state index contributed by atoms with van der Waals surface area (Å²) < 4.78 is 5.39. The van der Waals surface area contributed by atoms with Gasteiger partial charge < -0.3 is 21.1 Å². The summed E-state index contributed by atoms with van der Waals surface area (Å²) in [5.41, 5.74) is 6.55. The topological polar surface area (TPSA) is 88.7 Å². The normalized spacial score (nSPS) is 10.9. The van der Waals surface area contributed by atoms with Crippen molar-refractivity contribution in [2.45, 2.75) is 13.5 Å². The number of ether oxygens (including phenoxy) is 1. The molecule has 0 heterocycles. The van der Waals surface area contributed by atoms with Crippen LogP contribution in [0.4, 0.5) is 0 Å². The number of nitrogens with two attached hydrogens (primary N) is 1. The average Bonchev–Trinajstić information content (AvgIpc) is 2.43. The third-order valence-corrected chi connectivity index (χ3v) is 2.36. The molecule has 1 aromatic carbocycles. The lowest BCUT2D eigenvalue weighted by atomic mass is 10.2. The van der Waals surface area contributed by atoms with Crippen LogP contribution in [-0.2, 0) is 11.3 Å². The number of nitrogens with one attached hydrogen (secondary N) is 2. The molecule has 0 radical (unpaired) electrons. The van der Waals surface area contributed by atoms with E-state index in [0.717, 1.165) is 5.56 Å². The molecule has 6 nitrogen and oxygen atoms in total. The van der Waals surface area contributed by atoms with Gasteiger partial charge in [0.05, 0.1) is 0 Å². The SMILES string of the molecule is CCNC(=O)COc1cccc(CNC(N)=NC)c1. The average molecular weight is 264 g/mol. The van der Waals surface area contributed by atoms with Crippen molar-refractivity contribution in [1.29, 1.82) is 0 Å². The maximum absolute atomic E-state index is 11.3. The highest BCUT2D eigenvalue weighted by molar-refractivity contribution is 5.78. The fraction of sp³-hybridized carbons (Fsp3) is 0.385. The first-order valence-corrected chi connectivity index (χ1v) is 6.10. The van der Waals surface area contributed by atoms with Gasteiger partial charge in [-0.3, -0.25) is 9.79 Å². The van der Waals surface area contributed by atoms with Gasteiger partial charge in [-0.05, 0) is 24.6 Å². The van der Waals surface area contributed by atoms with E-state index in [1.54, 1.807) is 13.1 Å². The largest absolute Gasteiger partial charge is 0.484 e. The first-order valence-electron chi connectivity index (χ1n) is 6.10. The number of nitrogens with zero attached hydrogens (tertiary/aromatic N) is 1. The highest BCUT2D eigenvalue weighted by Gasteiger charge is 2.02. The molecule has 4 N–H and O–H groups in total. The third kappa shape index (κ3) is 5.76. The maximum atomic E-state index is 11.3. The minimum absolute atomic E-state index is 0.0171. The lowest BCUT2D eigenvalue weighted by Crippen LogP contribution is -2.30. The van der Waals surface area contributed by atoms with Gasteiger partial charge in [-0.15, -0.1) is 0 Å². The highest BCUT2D eigenvalue weighted by atomic mass is 16.5. The van der Waals surface area contributed by atoms with Gasteiger partial charge in [-0.2, -0.15) is 0 Å². The van der Waals surface area contributed by atoms with Crippen LogP contribution in [0.15, 0.2) is 29.3 Å². The zero-order valence-corrected chi connectivity index (χ0v) is 11.3. The van der Waals surface area contributed by atoms with Crippen molar-refractivity contribution in [3.8, 4) is 5.75 Å². The van der Waals surface area contributed by atoms with E-state index < -0.39 is 0 Å².